The summed E-state index contributed by atoms with van der Waals surface area (Å²) in [4.78, 5) is 4.48. The molecule has 140 valence electrons. The molecule has 0 fully saturated rings. The summed E-state index contributed by atoms with van der Waals surface area (Å²) in [7, 11) is 1.70. The van der Waals surface area contributed by atoms with E-state index in [4.69, 9.17) is 4.74 Å². The van der Waals surface area contributed by atoms with E-state index in [9.17, 15) is 0 Å². The Kier molecular flexibility index (Phi) is 5.36. The molecule has 3 nitrogen and oxygen atoms in total. The van der Waals surface area contributed by atoms with Gasteiger partial charge < -0.3 is 10.1 Å². The third-order valence-corrected chi connectivity index (χ3v) is 5.11. The molecule has 28 heavy (non-hydrogen) atoms. The van der Waals surface area contributed by atoms with Crippen molar-refractivity contribution >= 4 is 10.8 Å². The lowest BCUT2D eigenvalue weighted by Gasteiger charge is -2.17. The third kappa shape index (κ3) is 3.75. The monoisotopic (exact) mass is 368 g/mol. The largest absolute Gasteiger partial charge is 0.496 e. The fourth-order valence-electron chi connectivity index (χ4n) is 3.60. The van der Waals surface area contributed by atoms with E-state index >= 15 is 0 Å². The molecular formula is C25H24N2O. The first-order valence-corrected chi connectivity index (χ1v) is 9.55. The first-order valence-electron chi connectivity index (χ1n) is 9.55. The topological polar surface area (TPSA) is 34.1 Å². The smallest absolute Gasteiger partial charge is 0.128 e. The lowest BCUT2D eigenvalue weighted by Crippen LogP contribution is -2.18. The summed E-state index contributed by atoms with van der Waals surface area (Å²) in [5.74, 6) is 0.838. The lowest BCUT2D eigenvalue weighted by molar-refractivity contribution is 0.416. The normalized spacial score (nSPS) is 12.1. The zero-order chi connectivity index (χ0) is 19.3. The van der Waals surface area contributed by atoms with Gasteiger partial charge in [0.05, 0.1) is 12.8 Å². The van der Waals surface area contributed by atoms with Crippen LogP contribution in [0.2, 0.25) is 0 Å². The summed E-state index contributed by atoms with van der Waals surface area (Å²) in [6.45, 7) is 2.99. The molecule has 0 saturated heterocycles. The molecule has 0 bridgehead atoms. The predicted molar refractivity (Wildman–Crippen MR) is 115 cm³/mol. The van der Waals surface area contributed by atoms with Crippen LogP contribution in [0.1, 0.15) is 24.1 Å². The molecule has 0 radical (unpaired) electrons. The van der Waals surface area contributed by atoms with Gasteiger partial charge in [-0.3, -0.25) is 4.98 Å². The Bertz CT molecular complexity index is 1070. The average molecular weight is 368 g/mol. The quantitative estimate of drug-likeness (QED) is 0.470. The first-order chi connectivity index (χ1) is 13.8. The predicted octanol–water partition coefficient (Wildman–Crippen LogP) is 5.76. The lowest BCUT2D eigenvalue weighted by atomic mass is 9.99. The summed E-state index contributed by atoms with van der Waals surface area (Å²) in [5.41, 5.74) is 4.45. The van der Waals surface area contributed by atoms with Gasteiger partial charge in [0.25, 0.3) is 0 Å². The van der Waals surface area contributed by atoms with E-state index in [1.54, 1.807) is 7.11 Å². The van der Waals surface area contributed by atoms with Gasteiger partial charge in [-0.1, -0.05) is 54.6 Å². The summed E-state index contributed by atoms with van der Waals surface area (Å²) in [5, 5.41) is 6.24. The molecule has 3 heteroatoms. The molecule has 1 atom stereocenters. The Balaban J connectivity index is 1.56. The maximum absolute atomic E-state index is 5.54. The third-order valence-electron chi connectivity index (χ3n) is 5.11. The highest BCUT2D eigenvalue weighted by Gasteiger charge is 2.11. The zero-order valence-electron chi connectivity index (χ0n) is 16.2. The Morgan fingerprint density at radius 2 is 1.75 bits per heavy atom. The van der Waals surface area contributed by atoms with Crippen molar-refractivity contribution in [3.8, 4) is 17.0 Å². The minimum atomic E-state index is 0.242. The number of nitrogens with zero attached hydrogens (tertiary/aromatic N) is 1. The maximum Gasteiger partial charge on any atom is 0.128 e. The molecule has 0 aliphatic carbocycles. The number of rotatable bonds is 6. The Hall–Kier alpha value is -3.17. The second-order valence-electron chi connectivity index (χ2n) is 6.92. The highest BCUT2D eigenvalue weighted by Crippen LogP contribution is 2.30. The van der Waals surface area contributed by atoms with Crippen LogP contribution in [0.4, 0.5) is 0 Å². The minimum Gasteiger partial charge on any atom is -0.496 e. The number of pyridine rings is 1. The molecule has 0 amide bonds. The molecule has 0 spiro atoms. The van der Waals surface area contributed by atoms with Gasteiger partial charge in [-0.25, -0.2) is 0 Å². The standard InChI is InChI=1S/C25H24N2O/c1-18(21-11-7-9-20-8-3-4-10-22(20)21)27-17-19-13-14-25(28-2)23(16-19)24-12-5-6-15-26-24/h3-16,18,27H,17H2,1-2H3/t18-/m1/s1. The van der Waals surface area contributed by atoms with Gasteiger partial charge >= 0.3 is 0 Å². The van der Waals surface area contributed by atoms with Crippen molar-refractivity contribution in [2.75, 3.05) is 7.11 Å². The van der Waals surface area contributed by atoms with E-state index in [0.29, 0.717) is 0 Å². The highest BCUT2D eigenvalue weighted by molar-refractivity contribution is 5.86. The molecular weight excluding hydrogens is 344 g/mol. The van der Waals surface area contributed by atoms with Crippen LogP contribution in [-0.2, 0) is 6.54 Å². The second kappa shape index (κ2) is 8.24. The summed E-state index contributed by atoms with van der Waals surface area (Å²) in [6.07, 6.45) is 1.81. The molecule has 1 N–H and O–H groups in total. The summed E-state index contributed by atoms with van der Waals surface area (Å²) >= 11 is 0. The number of methoxy groups -OCH3 is 1. The highest BCUT2D eigenvalue weighted by atomic mass is 16.5. The van der Waals surface area contributed by atoms with E-state index in [-0.39, 0.29) is 6.04 Å². The molecule has 1 heterocycles. The number of aromatic nitrogens is 1. The fraction of sp³-hybridized carbons (Fsp3) is 0.160. The van der Waals surface area contributed by atoms with Crippen LogP contribution < -0.4 is 10.1 Å². The SMILES string of the molecule is COc1ccc(CN[C@H](C)c2cccc3ccccc23)cc1-c1ccccn1. The fourth-order valence-corrected chi connectivity index (χ4v) is 3.60. The van der Waals surface area contributed by atoms with Gasteiger partial charge in [0.15, 0.2) is 0 Å². The number of ether oxygens (including phenoxy) is 1. The van der Waals surface area contributed by atoms with Gasteiger partial charge in [0, 0.05) is 24.3 Å². The average Bonchev–Trinajstić information content (AvgIpc) is 2.77. The van der Waals surface area contributed by atoms with E-state index < -0.39 is 0 Å². The van der Waals surface area contributed by atoms with Gasteiger partial charge in [0.2, 0.25) is 0 Å². The summed E-state index contributed by atoms with van der Waals surface area (Å²) in [6, 6.07) is 27.5. The van der Waals surface area contributed by atoms with Crippen molar-refractivity contribution in [1.29, 1.82) is 0 Å². The van der Waals surface area contributed by atoms with E-state index in [1.807, 2.05) is 30.5 Å². The Morgan fingerprint density at radius 3 is 2.57 bits per heavy atom. The van der Waals surface area contributed by atoms with Gasteiger partial charge in [-0.15, -0.1) is 0 Å². The van der Waals surface area contributed by atoms with Crippen LogP contribution in [0.3, 0.4) is 0 Å². The van der Waals surface area contributed by atoms with Crippen molar-refractivity contribution in [2.45, 2.75) is 19.5 Å². The molecule has 0 aliphatic heterocycles. The number of hydrogen-bond acceptors (Lipinski definition) is 3. The van der Waals surface area contributed by atoms with Gasteiger partial charge in [-0.05, 0) is 53.1 Å². The van der Waals surface area contributed by atoms with Gasteiger partial charge in [-0.2, -0.15) is 0 Å². The Labute approximate surface area is 166 Å². The number of hydrogen-bond donors (Lipinski definition) is 1. The summed E-state index contributed by atoms with van der Waals surface area (Å²) < 4.78 is 5.54. The van der Waals surface area contributed by atoms with Crippen LogP contribution in [0.5, 0.6) is 5.75 Å². The molecule has 4 rings (SSSR count). The molecule has 4 aromatic rings. The van der Waals surface area contributed by atoms with Crippen LogP contribution in [0, 0.1) is 0 Å². The van der Waals surface area contributed by atoms with Crippen LogP contribution >= 0.6 is 0 Å². The van der Waals surface area contributed by atoms with Gasteiger partial charge in [0.1, 0.15) is 5.75 Å². The number of nitrogens with one attached hydrogen (secondary N) is 1. The Morgan fingerprint density at radius 1 is 0.929 bits per heavy atom. The maximum atomic E-state index is 5.54. The van der Waals surface area contributed by atoms with E-state index in [2.05, 4.69) is 71.8 Å². The van der Waals surface area contributed by atoms with Crippen LogP contribution in [0.15, 0.2) is 85.1 Å². The first kappa shape index (κ1) is 18.2. The molecule has 3 aromatic carbocycles. The number of fused-ring (bicyclic) bond motifs is 1. The van der Waals surface area contributed by atoms with Crippen molar-refractivity contribution in [3.63, 3.8) is 0 Å². The van der Waals surface area contributed by atoms with Crippen molar-refractivity contribution in [3.05, 3.63) is 96.2 Å². The van der Waals surface area contributed by atoms with Crippen LogP contribution in [-0.4, -0.2) is 12.1 Å². The van der Waals surface area contributed by atoms with E-state index in [0.717, 1.165) is 23.6 Å². The van der Waals surface area contributed by atoms with E-state index in [1.165, 1.54) is 21.9 Å². The number of benzene rings is 3. The molecule has 0 aliphatic rings. The second-order valence-corrected chi connectivity index (χ2v) is 6.92. The van der Waals surface area contributed by atoms with Crippen molar-refractivity contribution in [2.24, 2.45) is 0 Å². The molecule has 0 unspecified atom stereocenters. The minimum absolute atomic E-state index is 0.242. The van der Waals surface area contributed by atoms with Crippen molar-refractivity contribution in [1.82, 2.24) is 10.3 Å². The van der Waals surface area contributed by atoms with Crippen molar-refractivity contribution < 1.29 is 4.74 Å². The van der Waals surface area contributed by atoms with Crippen LogP contribution in [0.25, 0.3) is 22.0 Å². The molecule has 1 aromatic heterocycles. The molecule has 0 saturated carbocycles. The zero-order valence-corrected chi connectivity index (χ0v) is 16.2.